The number of aromatic nitrogens is 1. The van der Waals surface area contributed by atoms with Gasteiger partial charge in [0.15, 0.2) is 0 Å². The molecule has 32 heavy (non-hydrogen) atoms. The maximum atomic E-state index is 13.0. The van der Waals surface area contributed by atoms with Crippen LogP contribution in [-0.2, 0) is 9.59 Å². The minimum Gasteiger partial charge on any atom is -0.326 e. The van der Waals surface area contributed by atoms with Crippen molar-refractivity contribution < 1.29 is 9.59 Å². The quantitative estimate of drug-likeness (QED) is 0.433. The first-order chi connectivity index (χ1) is 15.6. The highest BCUT2D eigenvalue weighted by atomic mass is 32.1. The van der Waals surface area contributed by atoms with Crippen LogP contribution in [-0.4, -0.2) is 21.7 Å². The molecule has 0 saturated carbocycles. The summed E-state index contributed by atoms with van der Waals surface area (Å²) in [5.74, 6) is -0.237. The van der Waals surface area contributed by atoms with Crippen molar-refractivity contribution in [2.45, 2.75) is 19.4 Å². The number of hydrogen-bond acceptors (Lipinski definition) is 4. The van der Waals surface area contributed by atoms with Crippen LogP contribution in [0.2, 0.25) is 0 Å². The number of hydrogen-bond donors (Lipinski definition) is 1. The molecule has 158 valence electrons. The van der Waals surface area contributed by atoms with E-state index in [0.29, 0.717) is 5.69 Å². The van der Waals surface area contributed by atoms with Crippen LogP contribution < -0.4 is 5.32 Å². The summed E-state index contributed by atoms with van der Waals surface area (Å²) in [5.41, 5.74) is 4.64. The maximum Gasteiger partial charge on any atom is 0.226 e. The Kier molecular flexibility index (Phi) is 5.29. The van der Waals surface area contributed by atoms with E-state index in [0.717, 1.165) is 31.9 Å². The van der Waals surface area contributed by atoms with E-state index < -0.39 is 0 Å². The van der Waals surface area contributed by atoms with Crippen LogP contribution in [0.1, 0.15) is 30.5 Å². The summed E-state index contributed by atoms with van der Waals surface area (Å²) in [5, 5.41) is 3.91. The first-order valence-corrected chi connectivity index (χ1v) is 11.2. The number of nitrogens with one attached hydrogen (secondary N) is 1. The number of fused-ring (bicyclic) bond motifs is 2. The first-order valence-electron chi connectivity index (χ1n) is 10.4. The van der Waals surface area contributed by atoms with Gasteiger partial charge in [-0.3, -0.25) is 9.59 Å². The fraction of sp³-hybridized carbons (Fsp3) is 0.115. The van der Waals surface area contributed by atoms with Crippen LogP contribution in [0.25, 0.3) is 26.9 Å². The molecule has 1 atom stereocenters. The lowest BCUT2D eigenvalue weighted by Crippen LogP contribution is -2.33. The first kappa shape index (κ1) is 20.2. The second-order valence-corrected chi connectivity index (χ2v) is 8.74. The maximum absolute atomic E-state index is 13.0. The molecular formula is C26H21N3O2S. The van der Waals surface area contributed by atoms with Crippen LogP contribution in [0.3, 0.4) is 0 Å². The summed E-state index contributed by atoms with van der Waals surface area (Å²) < 4.78 is 1.13. The van der Waals surface area contributed by atoms with Crippen molar-refractivity contribution in [1.82, 2.24) is 9.88 Å². The van der Waals surface area contributed by atoms with Gasteiger partial charge < -0.3 is 10.2 Å². The second-order valence-electron chi connectivity index (χ2n) is 7.71. The molecule has 5 rings (SSSR count). The lowest BCUT2D eigenvalue weighted by molar-refractivity contribution is -0.129. The molecule has 1 aliphatic rings. The highest BCUT2D eigenvalue weighted by molar-refractivity contribution is 7.21. The summed E-state index contributed by atoms with van der Waals surface area (Å²) in [4.78, 5) is 31.5. The molecule has 2 heterocycles. The van der Waals surface area contributed by atoms with Gasteiger partial charge >= 0.3 is 0 Å². The molecule has 6 heteroatoms. The second kappa shape index (κ2) is 8.40. The van der Waals surface area contributed by atoms with Gasteiger partial charge in [0.05, 0.1) is 22.7 Å². The number of carbonyl (C=O) groups is 2. The van der Waals surface area contributed by atoms with Gasteiger partial charge in [-0.2, -0.15) is 0 Å². The summed E-state index contributed by atoms with van der Waals surface area (Å²) in [7, 11) is 0. The Morgan fingerprint density at radius 2 is 1.84 bits per heavy atom. The van der Waals surface area contributed by atoms with E-state index in [1.54, 1.807) is 22.4 Å². The van der Waals surface area contributed by atoms with Gasteiger partial charge in [0.25, 0.3) is 0 Å². The van der Waals surface area contributed by atoms with E-state index in [-0.39, 0.29) is 24.3 Å². The highest BCUT2D eigenvalue weighted by Gasteiger charge is 2.28. The molecule has 0 radical (unpaired) electrons. The number of benzene rings is 3. The molecule has 1 aromatic heterocycles. The summed E-state index contributed by atoms with van der Waals surface area (Å²) in [6.45, 7) is 1.52. The summed E-state index contributed by atoms with van der Waals surface area (Å²) >= 11 is 1.63. The van der Waals surface area contributed by atoms with E-state index in [1.165, 1.54) is 6.92 Å². The molecule has 0 saturated heterocycles. The van der Waals surface area contributed by atoms with E-state index in [9.17, 15) is 9.59 Å². The Morgan fingerprint density at radius 3 is 2.69 bits per heavy atom. The van der Waals surface area contributed by atoms with Crippen molar-refractivity contribution in [2.75, 3.05) is 5.32 Å². The molecule has 0 aliphatic carbocycles. The monoisotopic (exact) mass is 439 g/mol. The lowest BCUT2D eigenvalue weighted by atomic mass is 9.93. The van der Waals surface area contributed by atoms with Crippen LogP contribution in [0.15, 0.2) is 79.0 Å². The van der Waals surface area contributed by atoms with Crippen molar-refractivity contribution >= 4 is 45.1 Å². The van der Waals surface area contributed by atoms with Gasteiger partial charge in [0, 0.05) is 24.4 Å². The number of rotatable bonds is 4. The van der Waals surface area contributed by atoms with E-state index in [4.69, 9.17) is 4.98 Å². The molecule has 0 bridgehead atoms. The number of thiazole rings is 1. The van der Waals surface area contributed by atoms with Gasteiger partial charge in [-0.15, -0.1) is 11.3 Å². The van der Waals surface area contributed by atoms with Crippen molar-refractivity contribution in [3.05, 3.63) is 90.1 Å². The van der Waals surface area contributed by atoms with Gasteiger partial charge in [0.2, 0.25) is 11.8 Å². The molecule has 5 nitrogen and oxygen atoms in total. The molecule has 3 aromatic carbocycles. The molecule has 1 aliphatic heterocycles. The zero-order valence-electron chi connectivity index (χ0n) is 17.5. The van der Waals surface area contributed by atoms with Crippen molar-refractivity contribution in [3.8, 4) is 10.6 Å². The number of amides is 2. The van der Waals surface area contributed by atoms with Gasteiger partial charge in [0.1, 0.15) is 5.01 Å². The summed E-state index contributed by atoms with van der Waals surface area (Å²) in [6.07, 6.45) is 3.84. The summed E-state index contributed by atoms with van der Waals surface area (Å²) in [6, 6.07) is 23.3. The SMILES string of the molecule is CC(=O)N1C=Cc2ccccc2[C@H]1CC(=O)Nc1cccc(-c2nc3ccccc3s2)c1. The zero-order valence-corrected chi connectivity index (χ0v) is 18.3. The number of para-hydroxylation sites is 1. The predicted molar refractivity (Wildman–Crippen MR) is 129 cm³/mol. The Hall–Kier alpha value is -3.77. The zero-order chi connectivity index (χ0) is 22.1. The normalized spacial score (nSPS) is 14.9. The average Bonchev–Trinajstić information content (AvgIpc) is 3.24. The number of nitrogens with zero attached hydrogens (tertiary/aromatic N) is 2. The van der Waals surface area contributed by atoms with E-state index in [1.807, 2.05) is 72.8 Å². The van der Waals surface area contributed by atoms with Gasteiger partial charge in [-0.25, -0.2) is 4.98 Å². The van der Waals surface area contributed by atoms with Crippen LogP contribution >= 0.6 is 11.3 Å². The molecule has 1 N–H and O–H groups in total. The fourth-order valence-corrected chi connectivity index (χ4v) is 4.99. The Labute approximate surface area is 190 Å². The molecular weight excluding hydrogens is 418 g/mol. The van der Waals surface area contributed by atoms with Crippen molar-refractivity contribution in [2.24, 2.45) is 0 Å². The third kappa shape index (κ3) is 3.92. The third-order valence-corrected chi connectivity index (χ3v) is 6.62. The van der Waals surface area contributed by atoms with Crippen LogP contribution in [0.5, 0.6) is 0 Å². The van der Waals surface area contributed by atoms with E-state index in [2.05, 4.69) is 11.4 Å². The smallest absolute Gasteiger partial charge is 0.226 e. The molecule has 4 aromatic rings. The lowest BCUT2D eigenvalue weighted by Gasteiger charge is -2.32. The molecule has 0 fully saturated rings. The topological polar surface area (TPSA) is 62.3 Å². The minimum atomic E-state index is -0.332. The molecule has 0 spiro atoms. The van der Waals surface area contributed by atoms with Crippen LogP contribution in [0, 0.1) is 0 Å². The fourth-order valence-electron chi connectivity index (χ4n) is 4.03. The largest absolute Gasteiger partial charge is 0.326 e. The van der Waals surface area contributed by atoms with Gasteiger partial charge in [-0.1, -0.05) is 48.5 Å². The Bertz CT molecular complexity index is 1320. The molecule has 0 unspecified atom stereocenters. The van der Waals surface area contributed by atoms with Crippen molar-refractivity contribution in [3.63, 3.8) is 0 Å². The predicted octanol–water partition coefficient (Wildman–Crippen LogP) is 5.87. The Morgan fingerprint density at radius 1 is 1.03 bits per heavy atom. The van der Waals surface area contributed by atoms with Gasteiger partial charge in [-0.05, 0) is 41.5 Å². The standard InChI is InChI=1S/C26H21N3O2S/c1-17(30)29-14-13-18-7-2-3-10-21(18)23(29)16-25(31)27-20-9-6-8-19(15-20)26-28-22-11-4-5-12-24(22)32-26/h2-15,23H,16H2,1H3,(H,27,31)/t23-/m1/s1. The molecule has 2 amide bonds. The Balaban J connectivity index is 1.36. The van der Waals surface area contributed by atoms with Crippen molar-refractivity contribution in [1.29, 1.82) is 0 Å². The number of carbonyl (C=O) groups excluding carboxylic acids is 2. The van der Waals surface area contributed by atoms with E-state index >= 15 is 0 Å². The van der Waals surface area contributed by atoms with Crippen LogP contribution in [0.4, 0.5) is 5.69 Å². The minimum absolute atomic E-state index is 0.0913. The average molecular weight is 440 g/mol. The highest BCUT2D eigenvalue weighted by Crippen LogP contribution is 2.34. The number of anilines is 1. The third-order valence-electron chi connectivity index (χ3n) is 5.54.